The van der Waals surface area contributed by atoms with Crippen molar-refractivity contribution in [1.82, 2.24) is 4.98 Å². The molecule has 1 N–H and O–H groups in total. The largest absolute Gasteiger partial charge is 0.486 e. The smallest absolute Gasteiger partial charge is 0.343 e. The second-order valence-electron chi connectivity index (χ2n) is 6.58. The van der Waals surface area contributed by atoms with Gasteiger partial charge in [0.25, 0.3) is 0 Å². The third-order valence-corrected chi connectivity index (χ3v) is 3.94. The number of esters is 1. The van der Waals surface area contributed by atoms with Crippen LogP contribution >= 0.6 is 0 Å². The van der Waals surface area contributed by atoms with Gasteiger partial charge in [-0.05, 0) is 18.9 Å². The minimum Gasteiger partial charge on any atom is -0.486 e. The summed E-state index contributed by atoms with van der Waals surface area (Å²) in [5, 5.41) is 0.356. The first-order chi connectivity index (χ1) is 12.5. The van der Waals surface area contributed by atoms with E-state index in [1.165, 1.54) is 6.20 Å². The highest BCUT2D eigenvalue weighted by Gasteiger charge is 2.23. The molecular weight excluding hydrogens is 338 g/mol. The molecule has 7 heteroatoms. The first kappa shape index (κ1) is 18.3. The second kappa shape index (κ2) is 7.78. The lowest BCUT2D eigenvalue weighted by Crippen LogP contribution is -2.33. The molecule has 140 valence electrons. The topological polar surface area (TPSA) is 86.9 Å². The molecule has 0 spiro atoms. The average molecular weight is 361 g/mol. The fourth-order valence-electron chi connectivity index (χ4n) is 2.63. The molecule has 0 amide bonds. The van der Waals surface area contributed by atoms with Crippen molar-refractivity contribution < 1.29 is 23.7 Å². The van der Waals surface area contributed by atoms with Crippen molar-refractivity contribution in [3.8, 4) is 11.5 Å². The third-order valence-electron chi connectivity index (χ3n) is 3.94. The van der Waals surface area contributed by atoms with Crippen LogP contribution in [-0.4, -0.2) is 43.5 Å². The standard InChI is InChI=1S/C19H23NO6/c1-4-23-9-12-10-24-16-5-13-15(6-17(16)26-12)20-7-14(18(13)21)19(22)25-8-11(2)3/h5-7,11-12H,4,8-10H2,1-3H3,(H,20,21). The van der Waals surface area contributed by atoms with Gasteiger partial charge in [-0.25, -0.2) is 4.79 Å². The molecule has 1 aliphatic heterocycles. The molecule has 3 rings (SSSR count). The molecule has 26 heavy (non-hydrogen) atoms. The fourth-order valence-corrected chi connectivity index (χ4v) is 2.63. The molecular formula is C19H23NO6. The highest BCUT2D eigenvalue weighted by atomic mass is 16.6. The number of H-pyrrole nitrogens is 1. The Bertz CT molecular complexity index is 857. The van der Waals surface area contributed by atoms with Gasteiger partial charge in [0.15, 0.2) is 17.6 Å². The number of hydrogen-bond donors (Lipinski definition) is 1. The molecule has 0 bridgehead atoms. The first-order valence-electron chi connectivity index (χ1n) is 8.73. The molecule has 2 heterocycles. The van der Waals surface area contributed by atoms with Crippen LogP contribution in [0.15, 0.2) is 23.1 Å². The maximum atomic E-state index is 12.7. The maximum Gasteiger partial charge on any atom is 0.343 e. The Morgan fingerprint density at radius 3 is 2.88 bits per heavy atom. The summed E-state index contributed by atoms with van der Waals surface area (Å²) in [6, 6.07) is 3.30. The number of carbonyl (C=O) groups excluding carboxylic acids is 1. The molecule has 1 unspecified atom stereocenters. The van der Waals surface area contributed by atoms with Crippen molar-refractivity contribution in [3.63, 3.8) is 0 Å². The summed E-state index contributed by atoms with van der Waals surface area (Å²) in [6.45, 7) is 7.42. The minimum atomic E-state index is -0.631. The molecule has 0 radical (unpaired) electrons. The number of pyridine rings is 1. The number of benzene rings is 1. The summed E-state index contributed by atoms with van der Waals surface area (Å²) >= 11 is 0. The third kappa shape index (κ3) is 3.83. The number of aromatic nitrogens is 1. The Morgan fingerprint density at radius 2 is 2.15 bits per heavy atom. The van der Waals surface area contributed by atoms with Crippen molar-refractivity contribution in [2.75, 3.05) is 26.4 Å². The van der Waals surface area contributed by atoms with E-state index in [-0.39, 0.29) is 24.2 Å². The van der Waals surface area contributed by atoms with E-state index >= 15 is 0 Å². The highest BCUT2D eigenvalue weighted by Crippen LogP contribution is 2.34. The van der Waals surface area contributed by atoms with E-state index in [2.05, 4.69) is 4.98 Å². The van der Waals surface area contributed by atoms with Crippen LogP contribution < -0.4 is 14.9 Å². The van der Waals surface area contributed by atoms with Gasteiger partial charge in [-0.15, -0.1) is 0 Å². The molecule has 0 saturated carbocycles. The molecule has 7 nitrogen and oxygen atoms in total. The van der Waals surface area contributed by atoms with Gasteiger partial charge in [-0.1, -0.05) is 13.8 Å². The van der Waals surface area contributed by atoms with E-state index in [0.717, 1.165) is 0 Å². The van der Waals surface area contributed by atoms with Crippen molar-refractivity contribution in [2.45, 2.75) is 26.9 Å². The Morgan fingerprint density at radius 1 is 1.35 bits per heavy atom. The van der Waals surface area contributed by atoms with Crippen LogP contribution in [0, 0.1) is 5.92 Å². The van der Waals surface area contributed by atoms with Gasteiger partial charge < -0.3 is 23.9 Å². The summed E-state index contributed by atoms with van der Waals surface area (Å²) in [4.78, 5) is 27.8. The molecule has 0 saturated heterocycles. The second-order valence-corrected chi connectivity index (χ2v) is 6.58. The number of ether oxygens (including phenoxy) is 4. The molecule has 1 aliphatic rings. The molecule has 1 aromatic carbocycles. The van der Waals surface area contributed by atoms with Gasteiger partial charge >= 0.3 is 5.97 Å². The number of hydrogen-bond acceptors (Lipinski definition) is 6. The summed E-state index contributed by atoms with van der Waals surface area (Å²) in [5.41, 5.74) is 0.147. The Labute approximate surface area is 151 Å². The van der Waals surface area contributed by atoms with Gasteiger partial charge in [0.2, 0.25) is 5.43 Å². The van der Waals surface area contributed by atoms with Crippen LogP contribution in [0.4, 0.5) is 0 Å². The first-order valence-corrected chi connectivity index (χ1v) is 8.73. The zero-order valence-electron chi connectivity index (χ0n) is 15.2. The summed E-state index contributed by atoms with van der Waals surface area (Å²) in [5.74, 6) is 0.580. The van der Waals surface area contributed by atoms with Crippen LogP contribution in [0.1, 0.15) is 31.1 Å². The summed E-state index contributed by atoms with van der Waals surface area (Å²) < 4.78 is 22.1. The molecule has 2 aromatic rings. The molecule has 1 atom stereocenters. The van der Waals surface area contributed by atoms with Crippen LogP contribution in [0.25, 0.3) is 10.9 Å². The van der Waals surface area contributed by atoms with Gasteiger partial charge in [0, 0.05) is 18.9 Å². The lowest BCUT2D eigenvalue weighted by Gasteiger charge is -2.26. The zero-order valence-corrected chi connectivity index (χ0v) is 15.2. The van der Waals surface area contributed by atoms with E-state index in [1.807, 2.05) is 20.8 Å². The Kier molecular flexibility index (Phi) is 5.46. The van der Waals surface area contributed by atoms with Crippen LogP contribution in [0.2, 0.25) is 0 Å². The van der Waals surface area contributed by atoms with E-state index in [4.69, 9.17) is 18.9 Å². The van der Waals surface area contributed by atoms with Gasteiger partial charge in [0.1, 0.15) is 12.2 Å². The predicted octanol–water partition coefficient (Wildman–Crippen LogP) is 2.52. The SMILES string of the molecule is CCOCC1COc2cc3c(=O)c(C(=O)OCC(C)C)c[nH]c3cc2O1. The van der Waals surface area contributed by atoms with Crippen molar-refractivity contribution in [3.05, 3.63) is 34.1 Å². The van der Waals surface area contributed by atoms with Gasteiger partial charge in [-0.2, -0.15) is 0 Å². The van der Waals surface area contributed by atoms with Crippen molar-refractivity contribution in [2.24, 2.45) is 5.92 Å². The van der Waals surface area contributed by atoms with E-state index < -0.39 is 11.4 Å². The lowest BCUT2D eigenvalue weighted by atomic mass is 10.1. The van der Waals surface area contributed by atoms with Gasteiger partial charge in [0.05, 0.1) is 24.1 Å². The van der Waals surface area contributed by atoms with Crippen molar-refractivity contribution >= 4 is 16.9 Å². The molecule has 1 aromatic heterocycles. The normalized spacial score (nSPS) is 16.1. The maximum absolute atomic E-state index is 12.7. The number of nitrogens with one attached hydrogen (secondary N) is 1. The van der Waals surface area contributed by atoms with Gasteiger partial charge in [-0.3, -0.25) is 4.79 Å². The number of aromatic amines is 1. The number of rotatable bonds is 6. The minimum absolute atomic E-state index is 0.0240. The Balaban J connectivity index is 1.89. The zero-order chi connectivity index (χ0) is 18.7. The lowest BCUT2D eigenvalue weighted by molar-refractivity contribution is 0.0129. The van der Waals surface area contributed by atoms with E-state index in [1.54, 1.807) is 12.1 Å². The summed E-state index contributed by atoms with van der Waals surface area (Å²) in [6.07, 6.45) is 1.18. The fraction of sp³-hybridized carbons (Fsp3) is 0.474. The predicted molar refractivity (Wildman–Crippen MR) is 96.1 cm³/mol. The highest BCUT2D eigenvalue weighted by molar-refractivity contribution is 5.94. The monoisotopic (exact) mass is 361 g/mol. The molecule has 0 aliphatic carbocycles. The van der Waals surface area contributed by atoms with Crippen LogP contribution in [0.5, 0.6) is 11.5 Å². The Hall–Kier alpha value is -2.54. The molecule has 0 fully saturated rings. The average Bonchev–Trinajstić information content (AvgIpc) is 2.63. The quantitative estimate of drug-likeness (QED) is 0.796. The number of fused-ring (bicyclic) bond motifs is 2. The summed E-state index contributed by atoms with van der Waals surface area (Å²) in [7, 11) is 0. The van der Waals surface area contributed by atoms with E-state index in [9.17, 15) is 9.59 Å². The van der Waals surface area contributed by atoms with Crippen molar-refractivity contribution in [1.29, 1.82) is 0 Å². The van der Waals surface area contributed by atoms with Crippen LogP contribution in [0.3, 0.4) is 0 Å². The number of carbonyl (C=O) groups is 1. The van der Waals surface area contributed by atoms with E-state index in [0.29, 0.717) is 42.2 Å². The van der Waals surface area contributed by atoms with Crippen LogP contribution in [-0.2, 0) is 9.47 Å².